The van der Waals surface area contributed by atoms with Crippen LogP contribution in [0.25, 0.3) is 0 Å². The van der Waals surface area contributed by atoms with Crippen molar-refractivity contribution in [3.63, 3.8) is 0 Å². The van der Waals surface area contributed by atoms with E-state index in [4.69, 9.17) is 0 Å². The smallest absolute Gasteiger partial charge is 0.0237 e. The summed E-state index contributed by atoms with van der Waals surface area (Å²) in [5.41, 5.74) is 1.88. The molecule has 0 bridgehead atoms. The van der Waals surface area contributed by atoms with E-state index >= 15 is 0 Å². The summed E-state index contributed by atoms with van der Waals surface area (Å²) in [4.78, 5) is 0. The van der Waals surface area contributed by atoms with Gasteiger partial charge < -0.3 is 5.32 Å². The molecule has 2 unspecified atom stereocenters. The Kier molecular flexibility index (Phi) is 5.35. The Morgan fingerprint density at radius 1 is 1.26 bits per heavy atom. The van der Waals surface area contributed by atoms with Crippen molar-refractivity contribution in [2.45, 2.75) is 57.1 Å². The summed E-state index contributed by atoms with van der Waals surface area (Å²) in [5.74, 6) is 1.14. The van der Waals surface area contributed by atoms with E-state index in [1.807, 2.05) is 0 Å². The maximum atomic E-state index is 3.74. The molecule has 0 amide bonds. The van der Waals surface area contributed by atoms with Gasteiger partial charge in [-0.15, -0.1) is 0 Å². The fourth-order valence-electron chi connectivity index (χ4n) is 3.17. The van der Waals surface area contributed by atoms with Crippen molar-refractivity contribution >= 4 is 11.8 Å². The molecule has 0 aliphatic heterocycles. The van der Waals surface area contributed by atoms with E-state index in [-0.39, 0.29) is 0 Å². The minimum Gasteiger partial charge on any atom is -0.313 e. The zero-order chi connectivity index (χ0) is 13.7. The van der Waals surface area contributed by atoms with Gasteiger partial charge in [-0.2, -0.15) is 11.8 Å². The van der Waals surface area contributed by atoms with E-state index < -0.39 is 0 Å². The van der Waals surface area contributed by atoms with Crippen LogP contribution in [0.3, 0.4) is 0 Å². The number of benzene rings is 1. The molecule has 1 fully saturated rings. The highest BCUT2D eigenvalue weighted by Gasteiger charge is 2.38. The third-order valence-electron chi connectivity index (χ3n) is 4.25. The summed E-state index contributed by atoms with van der Waals surface area (Å²) >= 11 is 2.14. The molecule has 2 rings (SSSR count). The zero-order valence-corrected chi connectivity index (χ0v) is 13.3. The van der Waals surface area contributed by atoms with Gasteiger partial charge in [0.15, 0.2) is 0 Å². The monoisotopic (exact) mass is 277 g/mol. The molecular weight excluding hydrogens is 250 g/mol. The molecule has 1 nitrogen and oxygen atoms in total. The SMILES string of the molecule is CCNC1C(SCc2ccccc2)CCCC1(C)C. The predicted octanol–water partition coefficient (Wildman–Crippen LogP) is 4.48. The second-order valence-corrected chi connectivity index (χ2v) is 7.48. The van der Waals surface area contributed by atoms with Crippen LogP contribution in [0.4, 0.5) is 0 Å². The summed E-state index contributed by atoms with van der Waals surface area (Å²) in [7, 11) is 0. The summed E-state index contributed by atoms with van der Waals surface area (Å²) in [6.45, 7) is 8.16. The van der Waals surface area contributed by atoms with Gasteiger partial charge in [0.1, 0.15) is 0 Å². The Labute approximate surface area is 122 Å². The summed E-state index contributed by atoms with van der Waals surface area (Å²) < 4.78 is 0. The first kappa shape index (κ1) is 14.9. The van der Waals surface area contributed by atoms with Crippen molar-refractivity contribution in [1.29, 1.82) is 0 Å². The molecule has 0 radical (unpaired) electrons. The Bertz CT molecular complexity index is 374. The first-order valence-electron chi connectivity index (χ1n) is 7.52. The van der Waals surface area contributed by atoms with Gasteiger partial charge in [-0.3, -0.25) is 0 Å². The molecule has 1 N–H and O–H groups in total. The number of thioether (sulfide) groups is 1. The van der Waals surface area contributed by atoms with E-state index in [0.29, 0.717) is 11.5 Å². The summed E-state index contributed by atoms with van der Waals surface area (Å²) in [6, 6.07) is 11.5. The fraction of sp³-hybridized carbons (Fsp3) is 0.647. The maximum Gasteiger partial charge on any atom is 0.0237 e. The molecule has 1 aromatic carbocycles. The van der Waals surface area contributed by atoms with Crippen LogP contribution in [0, 0.1) is 5.41 Å². The molecule has 1 aromatic rings. The Morgan fingerprint density at radius 3 is 2.68 bits per heavy atom. The average Bonchev–Trinajstić information content (AvgIpc) is 2.40. The van der Waals surface area contributed by atoms with Crippen LogP contribution < -0.4 is 5.32 Å². The van der Waals surface area contributed by atoms with Crippen LogP contribution >= 0.6 is 11.8 Å². The Morgan fingerprint density at radius 2 is 2.00 bits per heavy atom. The first-order valence-corrected chi connectivity index (χ1v) is 8.57. The van der Waals surface area contributed by atoms with Gasteiger partial charge in [-0.05, 0) is 30.4 Å². The highest BCUT2D eigenvalue weighted by molar-refractivity contribution is 7.99. The second kappa shape index (κ2) is 6.81. The largest absolute Gasteiger partial charge is 0.313 e. The molecular formula is C17H27NS. The molecule has 2 heteroatoms. The number of rotatable bonds is 5. The molecule has 0 aromatic heterocycles. The van der Waals surface area contributed by atoms with Crippen molar-refractivity contribution in [2.75, 3.05) is 6.54 Å². The van der Waals surface area contributed by atoms with E-state index in [1.165, 1.54) is 24.8 Å². The number of nitrogens with one attached hydrogen (secondary N) is 1. The van der Waals surface area contributed by atoms with Crippen molar-refractivity contribution in [3.8, 4) is 0 Å². The molecule has 0 saturated heterocycles. The lowest BCUT2D eigenvalue weighted by molar-refractivity contribution is 0.176. The van der Waals surface area contributed by atoms with E-state index in [9.17, 15) is 0 Å². The van der Waals surface area contributed by atoms with Gasteiger partial charge in [0.2, 0.25) is 0 Å². The van der Waals surface area contributed by atoms with Gasteiger partial charge in [-0.25, -0.2) is 0 Å². The van der Waals surface area contributed by atoms with Crippen LogP contribution in [0.2, 0.25) is 0 Å². The van der Waals surface area contributed by atoms with Crippen LogP contribution in [0.1, 0.15) is 45.6 Å². The van der Waals surface area contributed by atoms with Crippen molar-refractivity contribution in [2.24, 2.45) is 5.41 Å². The summed E-state index contributed by atoms with van der Waals surface area (Å²) in [6.07, 6.45) is 4.09. The van der Waals surface area contributed by atoms with E-state index in [1.54, 1.807) is 0 Å². The first-order chi connectivity index (χ1) is 9.13. The minimum atomic E-state index is 0.433. The van der Waals surface area contributed by atoms with Gasteiger partial charge in [0.05, 0.1) is 0 Å². The number of hydrogen-bond acceptors (Lipinski definition) is 2. The normalized spacial score (nSPS) is 26.3. The fourth-order valence-corrected chi connectivity index (χ4v) is 4.76. The Hall–Kier alpha value is -0.470. The quantitative estimate of drug-likeness (QED) is 0.852. The second-order valence-electron chi connectivity index (χ2n) is 6.25. The Balaban J connectivity index is 1.97. The van der Waals surface area contributed by atoms with E-state index in [2.05, 4.69) is 68.2 Å². The van der Waals surface area contributed by atoms with Gasteiger partial charge >= 0.3 is 0 Å². The number of hydrogen-bond donors (Lipinski definition) is 1. The molecule has 1 saturated carbocycles. The predicted molar refractivity (Wildman–Crippen MR) is 86.6 cm³/mol. The minimum absolute atomic E-state index is 0.433. The van der Waals surface area contributed by atoms with Gasteiger partial charge in [0.25, 0.3) is 0 Å². The molecule has 2 atom stereocenters. The lowest BCUT2D eigenvalue weighted by atomic mass is 9.73. The molecule has 1 aliphatic rings. The highest BCUT2D eigenvalue weighted by Crippen LogP contribution is 2.41. The molecule has 19 heavy (non-hydrogen) atoms. The maximum absolute atomic E-state index is 3.74. The lowest BCUT2D eigenvalue weighted by Crippen LogP contribution is -2.51. The van der Waals surface area contributed by atoms with E-state index in [0.717, 1.165) is 17.5 Å². The third kappa shape index (κ3) is 4.00. The van der Waals surface area contributed by atoms with Gasteiger partial charge in [-0.1, -0.05) is 57.5 Å². The van der Waals surface area contributed by atoms with Crippen molar-refractivity contribution in [1.82, 2.24) is 5.32 Å². The van der Waals surface area contributed by atoms with Crippen molar-refractivity contribution in [3.05, 3.63) is 35.9 Å². The molecule has 0 heterocycles. The lowest BCUT2D eigenvalue weighted by Gasteiger charge is -2.44. The molecule has 0 spiro atoms. The third-order valence-corrected chi connectivity index (χ3v) is 5.69. The summed E-state index contributed by atoms with van der Waals surface area (Å²) in [5, 5.41) is 4.49. The topological polar surface area (TPSA) is 12.0 Å². The molecule has 106 valence electrons. The standard InChI is InChI=1S/C17H27NS/c1-4-18-16-15(11-8-12-17(16,2)3)19-13-14-9-6-5-7-10-14/h5-7,9-10,15-16,18H,4,8,11-13H2,1-3H3. The molecule has 1 aliphatic carbocycles. The zero-order valence-electron chi connectivity index (χ0n) is 12.5. The van der Waals surface area contributed by atoms with Crippen LogP contribution in [-0.2, 0) is 5.75 Å². The van der Waals surface area contributed by atoms with Crippen molar-refractivity contribution < 1.29 is 0 Å². The van der Waals surface area contributed by atoms with Crippen LogP contribution in [0.5, 0.6) is 0 Å². The highest BCUT2D eigenvalue weighted by atomic mass is 32.2. The van der Waals surface area contributed by atoms with Crippen LogP contribution in [0.15, 0.2) is 30.3 Å². The van der Waals surface area contributed by atoms with Crippen LogP contribution in [-0.4, -0.2) is 17.8 Å². The average molecular weight is 277 g/mol. The van der Waals surface area contributed by atoms with Gasteiger partial charge in [0, 0.05) is 17.0 Å².